The van der Waals surface area contributed by atoms with Crippen LogP contribution in [0.1, 0.15) is 20.8 Å². The van der Waals surface area contributed by atoms with Crippen molar-refractivity contribution in [1.29, 1.82) is 0 Å². The smallest absolute Gasteiger partial charge is 0.344 e. The number of ether oxygens (including phenoxy) is 2. The number of esters is 1. The summed E-state index contributed by atoms with van der Waals surface area (Å²) in [5.41, 5.74) is -0.617. The summed E-state index contributed by atoms with van der Waals surface area (Å²) in [5, 5.41) is 0. The van der Waals surface area contributed by atoms with E-state index in [9.17, 15) is 13.6 Å². The lowest BCUT2D eigenvalue weighted by molar-refractivity contribution is -0.157. The molecule has 5 heteroatoms. The largest absolute Gasteiger partial charge is 0.482 e. The highest BCUT2D eigenvalue weighted by atomic mass is 19.1. The van der Waals surface area contributed by atoms with Gasteiger partial charge in [0.15, 0.2) is 6.61 Å². The van der Waals surface area contributed by atoms with Crippen LogP contribution in [-0.2, 0) is 9.53 Å². The predicted molar refractivity (Wildman–Crippen MR) is 57.7 cm³/mol. The predicted octanol–water partition coefficient (Wildman–Crippen LogP) is 2.69. The van der Waals surface area contributed by atoms with Crippen LogP contribution < -0.4 is 4.74 Å². The molecule has 0 aliphatic carbocycles. The average molecular weight is 244 g/mol. The van der Waals surface area contributed by atoms with Crippen molar-refractivity contribution >= 4 is 5.97 Å². The number of benzene rings is 1. The molecule has 3 nitrogen and oxygen atoms in total. The Morgan fingerprint density at radius 3 is 2.18 bits per heavy atom. The Kier molecular flexibility index (Phi) is 4.04. The minimum atomic E-state index is -0.760. The Bertz CT molecular complexity index is 390. The molecule has 0 unspecified atom stereocenters. The first-order chi connectivity index (χ1) is 7.76. The molecule has 0 saturated heterocycles. The van der Waals surface area contributed by atoms with Crippen LogP contribution in [0.5, 0.6) is 5.75 Å². The van der Waals surface area contributed by atoms with Crippen molar-refractivity contribution in [3.05, 3.63) is 29.8 Å². The molecule has 0 saturated carbocycles. The van der Waals surface area contributed by atoms with E-state index in [-0.39, 0.29) is 12.4 Å². The molecule has 0 spiro atoms. The van der Waals surface area contributed by atoms with Crippen molar-refractivity contribution in [1.82, 2.24) is 0 Å². The second kappa shape index (κ2) is 5.12. The van der Waals surface area contributed by atoms with Crippen molar-refractivity contribution in [3.63, 3.8) is 0 Å². The molecule has 0 atom stereocenters. The second-order valence-corrected chi connectivity index (χ2v) is 4.48. The van der Waals surface area contributed by atoms with Crippen molar-refractivity contribution < 1.29 is 23.0 Å². The van der Waals surface area contributed by atoms with Gasteiger partial charge in [-0.1, -0.05) is 0 Å². The quantitative estimate of drug-likeness (QED) is 0.767. The maximum atomic E-state index is 12.8. The standard InChI is InChI=1S/C12H14F2O3/c1-12(2,3)17-11(15)7-16-10-5-8(13)4-9(14)6-10/h4-6H,7H2,1-3H3. The van der Waals surface area contributed by atoms with E-state index < -0.39 is 23.2 Å². The van der Waals surface area contributed by atoms with Gasteiger partial charge in [-0.15, -0.1) is 0 Å². The third-order valence-electron chi connectivity index (χ3n) is 1.61. The van der Waals surface area contributed by atoms with Crippen LogP contribution in [0.2, 0.25) is 0 Å². The lowest BCUT2D eigenvalue weighted by Gasteiger charge is -2.19. The normalized spacial score (nSPS) is 11.1. The van der Waals surface area contributed by atoms with Crippen LogP contribution in [0.3, 0.4) is 0 Å². The summed E-state index contributed by atoms with van der Waals surface area (Å²) in [7, 11) is 0. The number of halogens is 2. The SMILES string of the molecule is CC(C)(C)OC(=O)COc1cc(F)cc(F)c1. The third kappa shape index (κ3) is 5.29. The van der Waals surface area contributed by atoms with E-state index in [1.54, 1.807) is 20.8 Å². The van der Waals surface area contributed by atoms with Gasteiger partial charge in [0.05, 0.1) is 0 Å². The lowest BCUT2D eigenvalue weighted by Crippen LogP contribution is -2.27. The number of carbonyl (C=O) groups is 1. The van der Waals surface area contributed by atoms with Crippen molar-refractivity contribution in [2.45, 2.75) is 26.4 Å². The number of carbonyl (C=O) groups excluding carboxylic acids is 1. The lowest BCUT2D eigenvalue weighted by atomic mass is 10.2. The average Bonchev–Trinajstić information content (AvgIpc) is 2.10. The van der Waals surface area contributed by atoms with Gasteiger partial charge in [0, 0.05) is 18.2 Å². The van der Waals surface area contributed by atoms with Gasteiger partial charge in [0.2, 0.25) is 0 Å². The highest BCUT2D eigenvalue weighted by molar-refractivity contribution is 5.71. The molecule has 1 aromatic rings. The first-order valence-corrected chi connectivity index (χ1v) is 5.07. The third-order valence-corrected chi connectivity index (χ3v) is 1.61. The molecular formula is C12H14F2O3. The summed E-state index contributed by atoms with van der Waals surface area (Å²) >= 11 is 0. The van der Waals surface area contributed by atoms with Gasteiger partial charge in [-0.2, -0.15) is 0 Å². The highest BCUT2D eigenvalue weighted by Crippen LogP contribution is 2.15. The van der Waals surface area contributed by atoms with Crippen LogP contribution in [0.25, 0.3) is 0 Å². The number of hydrogen-bond acceptors (Lipinski definition) is 3. The van der Waals surface area contributed by atoms with E-state index in [0.717, 1.165) is 18.2 Å². The van der Waals surface area contributed by atoms with Crippen molar-refractivity contribution in [2.75, 3.05) is 6.61 Å². The van der Waals surface area contributed by atoms with Crippen LogP contribution in [0, 0.1) is 11.6 Å². The summed E-state index contributed by atoms with van der Waals surface area (Å²) < 4.78 is 35.5. The van der Waals surface area contributed by atoms with Gasteiger partial charge in [0.25, 0.3) is 0 Å². The summed E-state index contributed by atoms with van der Waals surface area (Å²) in [4.78, 5) is 11.3. The molecule has 0 aliphatic heterocycles. The fraction of sp³-hybridized carbons (Fsp3) is 0.417. The Balaban J connectivity index is 2.53. The first kappa shape index (κ1) is 13.4. The molecule has 0 radical (unpaired) electrons. The Labute approximate surface area is 98.3 Å². The van der Waals surface area contributed by atoms with Gasteiger partial charge in [-0.25, -0.2) is 13.6 Å². The fourth-order valence-corrected chi connectivity index (χ4v) is 1.13. The van der Waals surface area contributed by atoms with Crippen molar-refractivity contribution in [2.24, 2.45) is 0 Å². The van der Waals surface area contributed by atoms with Gasteiger partial charge in [0.1, 0.15) is 23.0 Å². The summed E-state index contributed by atoms with van der Waals surface area (Å²) in [5.74, 6) is -2.16. The zero-order valence-corrected chi connectivity index (χ0v) is 9.92. The van der Waals surface area contributed by atoms with Gasteiger partial charge in [-0.3, -0.25) is 0 Å². The van der Waals surface area contributed by atoms with Crippen LogP contribution in [-0.4, -0.2) is 18.2 Å². The maximum Gasteiger partial charge on any atom is 0.344 e. The summed E-state index contributed by atoms with van der Waals surface area (Å²) in [6.45, 7) is 4.76. The molecular weight excluding hydrogens is 230 g/mol. The van der Waals surface area contributed by atoms with Crippen LogP contribution in [0.4, 0.5) is 8.78 Å². The second-order valence-electron chi connectivity index (χ2n) is 4.48. The molecule has 94 valence electrons. The minimum absolute atomic E-state index is 0.0478. The minimum Gasteiger partial charge on any atom is -0.482 e. The van der Waals surface area contributed by atoms with E-state index in [1.807, 2.05) is 0 Å². The number of rotatable bonds is 3. The molecule has 0 fully saturated rings. The molecule has 1 rings (SSSR count). The molecule has 0 N–H and O–H groups in total. The topological polar surface area (TPSA) is 35.5 Å². The van der Waals surface area contributed by atoms with Gasteiger partial charge >= 0.3 is 5.97 Å². The van der Waals surface area contributed by atoms with E-state index in [1.165, 1.54) is 0 Å². The number of hydrogen-bond donors (Lipinski definition) is 0. The van der Waals surface area contributed by atoms with Crippen LogP contribution in [0.15, 0.2) is 18.2 Å². The summed E-state index contributed by atoms with van der Waals surface area (Å²) in [6.07, 6.45) is 0. The molecule has 0 bridgehead atoms. The molecule has 0 heterocycles. The van der Waals surface area contributed by atoms with E-state index in [0.29, 0.717) is 0 Å². The van der Waals surface area contributed by atoms with Gasteiger partial charge < -0.3 is 9.47 Å². The van der Waals surface area contributed by atoms with E-state index in [2.05, 4.69) is 0 Å². The Morgan fingerprint density at radius 1 is 1.18 bits per heavy atom. The first-order valence-electron chi connectivity index (χ1n) is 5.07. The molecule has 1 aromatic carbocycles. The monoisotopic (exact) mass is 244 g/mol. The fourth-order valence-electron chi connectivity index (χ4n) is 1.13. The van der Waals surface area contributed by atoms with E-state index in [4.69, 9.17) is 9.47 Å². The Hall–Kier alpha value is -1.65. The van der Waals surface area contributed by atoms with Crippen LogP contribution >= 0.6 is 0 Å². The molecule has 17 heavy (non-hydrogen) atoms. The zero-order chi connectivity index (χ0) is 13.1. The van der Waals surface area contributed by atoms with Crippen molar-refractivity contribution in [3.8, 4) is 5.75 Å². The molecule has 0 amide bonds. The maximum absolute atomic E-state index is 12.8. The summed E-state index contributed by atoms with van der Waals surface area (Å²) in [6, 6.07) is 2.71. The van der Waals surface area contributed by atoms with E-state index >= 15 is 0 Å². The van der Waals surface area contributed by atoms with Gasteiger partial charge in [-0.05, 0) is 20.8 Å². The molecule has 0 aromatic heterocycles. The Morgan fingerprint density at radius 2 is 1.71 bits per heavy atom. The zero-order valence-electron chi connectivity index (χ0n) is 9.92. The highest BCUT2D eigenvalue weighted by Gasteiger charge is 2.16. The molecule has 0 aliphatic rings.